The second-order valence-electron chi connectivity index (χ2n) is 7.97. The van der Waals surface area contributed by atoms with Crippen LogP contribution in [0.15, 0.2) is 42.7 Å². The van der Waals surface area contributed by atoms with E-state index in [1.54, 1.807) is 23.1 Å². The fraction of sp³-hybridized carbons (Fsp3) is 0.364. The highest BCUT2D eigenvalue weighted by Crippen LogP contribution is 2.25. The second-order valence-corrected chi connectivity index (χ2v) is 7.97. The van der Waals surface area contributed by atoms with Gasteiger partial charge in [0.15, 0.2) is 0 Å². The first-order valence-corrected chi connectivity index (χ1v) is 9.62. The molecule has 2 heterocycles. The van der Waals surface area contributed by atoms with Crippen LogP contribution < -0.4 is 10.1 Å². The summed E-state index contributed by atoms with van der Waals surface area (Å²) >= 11 is 0. The van der Waals surface area contributed by atoms with E-state index >= 15 is 0 Å². The Morgan fingerprint density at radius 1 is 1.14 bits per heavy atom. The number of nitrogens with zero attached hydrogens (tertiary/aromatic N) is 4. The molecule has 0 fully saturated rings. The third-order valence-electron chi connectivity index (χ3n) is 4.63. The predicted molar refractivity (Wildman–Crippen MR) is 113 cm³/mol. The highest BCUT2D eigenvalue weighted by Gasteiger charge is 2.22. The first-order valence-electron chi connectivity index (χ1n) is 9.62. The number of amides is 1. The van der Waals surface area contributed by atoms with Crippen LogP contribution in [-0.4, -0.2) is 32.3 Å². The van der Waals surface area contributed by atoms with Crippen LogP contribution in [0.25, 0.3) is 5.95 Å². The monoisotopic (exact) mass is 393 g/mol. The van der Waals surface area contributed by atoms with Crippen molar-refractivity contribution in [3.63, 3.8) is 0 Å². The average molecular weight is 393 g/mol. The number of ether oxygens (including phenoxy) is 1. The molecule has 1 aromatic carbocycles. The zero-order valence-corrected chi connectivity index (χ0v) is 17.6. The van der Waals surface area contributed by atoms with Gasteiger partial charge >= 0.3 is 0 Å². The van der Waals surface area contributed by atoms with Gasteiger partial charge in [-0.3, -0.25) is 4.79 Å². The van der Waals surface area contributed by atoms with E-state index in [9.17, 15) is 4.79 Å². The molecule has 3 rings (SSSR count). The summed E-state index contributed by atoms with van der Waals surface area (Å²) in [6.07, 6.45) is 3.51. The van der Waals surface area contributed by atoms with E-state index in [0.717, 1.165) is 22.6 Å². The second kappa shape index (κ2) is 8.43. The number of hydrogen-bond acceptors (Lipinski definition) is 5. The largest absolute Gasteiger partial charge is 0.493 e. The van der Waals surface area contributed by atoms with Gasteiger partial charge in [0.05, 0.1) is 18.7 Å². The summed E-state index contributed by atoms with van der Waals surface area (Å²) < 4.78 is 7.35. The van der Waals surface area contributed by atoms with Gasteiger partial charge in [-0.1, -0.05) is 32.9 Å². The fourth-order valence-electron chi connectivity index (χ4n) is 2.73. The Kier molecular flexibility index (Phi) is 5.96. The molecule has 0 atom stereocenters. The van der Waals surface area contributed by atoms with Gasteiger partial charge in [0.2, 0.25) is 5.91 Å². The number of nitrogens with one attached hydrogen (secondary N) is 1. The molecule has 1 amide bonds. The lowest BCUT2D eigenvalue weighted by atomic mass is 9.92. The number of aryl methyl sites for hydroxylation is 1. The zero-order chi connectivity index (χ0) is 21.0. The zero-order valence-electron chi connectivity index (χ0n) is 17.6. The van der Waals surface area contributed by atoms with Crippen LogP contribution in [0, 0.1) is 13.8 Å². The first-order chi connectivity index (χ1) is 13.8. The lowest BCUT2D eigenvalue weighted by Gasteiger charge is -2.13. The molecule has 29 heavy (non-hydrogen) atoms. The van der Waals surface area contributed by atoms with Crippen molar-refractivity contribution in [2.45, 2.75) is 46.5 Å². The Balaban J connectivity index is 1.71. The molecule has 0 saturated heterocycles. The molecule has 3 aromatic rings. The van der Waals surface area contributed by atoms with Crippen LogP contribution in [0.4, 0.5) is 5.82 Å². The summed E-state index contributed by atoms with van der Waals surface area (Å²) in [5.41, 5.74) is 2.91. The van der Waals surface area contributed by atoms with Crippen LogP contribution in [-0.2, 0) is 10.2 Å². The number of carbonyl (C=O) groups excluding carboxylic acids is 1. The molecule has 0 unspecified atom stereocenters. The number of carbonyl (C=O) groups is 1. The van der Waals surface area contributed by atoms with E-state index in [1.807, 2.05) is 38.1 Å². The quantitative estimate of drug-likeness (QED) is 0.685. The summed E-state index contributed by atoms with van der Waals surface area (Å²) in [6.45, 7) is 10.5. The summed E-state index contributed by atoms with van der Waals surface area (Å²) in [7, 11) is 0. The van der Waals surface area contributed by atoms with Crippen molar-refractivity contribution in [2.75, 3.05) is 11.9 Å². The third-order valence-corrected chi connectivity index (χ3v) is 4.63. The van der Waals surface area contributed by atoms with Gasteiger partial charge in [-0.15, -0.1) is 0 Å². The van der Waals surface area contributed by atoms with Gasteiger partial charge in [-0.05, 0) is 37.1 Å². The minimum absolute atomic E-state index is 0.159. The van der Waals surface area contributed by atoms with Gasteiger partial charge in [-0.2, -0.15) is 9.78 Å². The van der Waals surface area contributed by atoms with E-state index in [4.69, 9.17) is 4.74 Å². The molecule has 0 radical (unpaired) electrons. The molecule has 0 saturated carbocycles. The smallest absolute Gasteiger partial charge is 0.252 e. The average Bonchev–Trinajstić information content (AvgIpc) is 3.10. The van der Waals surface area contributed by atoms with Gasteiger partial charge in [0.25, 0.3) is 5.95 Å². The van der Waals surface area contributed by atoms with Crippen molar-refractivity contribution < 1.29 is 9.53 Å². The Morgan fingerprint density at radius 2 is 1.86 bits per heavy atom. The van der Waals surface area contributed by atoms with Crippen LogP contribution in [0.5, 0.6) is 5.75 Å². The van der Waals surface area contributed by atoms with E-state index in [2.05, 4.69) is 41.2 Å². The maximum atomic E-state index is 12.5. The summed E-state index contributed by atoms with van der Waals surface area (Å²) in [5.74, 6) is 1.59. The van der Waals surface area contributed by atoms with Crippen molar-refractivity contribution in [3.8, 4) is 11.7 Å². The molecule has 0 aliphatic heterocycles. The maximum absolute atomic E-state index is 12.5. The van der Waals surface area contributed by atoms with Crippen LogP contribution in [0.3, 0.4) is 0 Å². The molecule has 0 spiro atoms. The number of hydrogen-bond donors (Lipinski definition) is 1. The number of benzene rings is 1. The van der Waals surface area contributed by atoms with Crippen LogP contribution in [0.1, 0.15) is 44.0 Å². The summed E-state index contributed by atoms with van der Waals surface area (Å²) in [4.78, 5) is 21.0. The summed E-state index contributed by atoms with van der Waals surface area (Å²) in [6, 6.07) is 9.50. The molecular weight excluding hydrogens is 366 g/mol. The molecule has 0 bridgehead atoms. The Hall–Kier alpha value is -3.22. The summed E-state index contributed by atoms with van der Waals surface area (Å²) in [5, 5.41) is 7.51. The lowest BCUT2D eigenvalue weighted by Crippen LogP contribution is -2.18. The van der Waals surface area contributed by atoms with Crippen molar-refractivity contribution in [1.29, 1.82) is 0 Å². The molecule has 152 valence electrons. The van der Waals surface area contributed by atoms with Crippen molar-refractivity contribution in [3.05, 3.63) is 59.5 Å². The molecule has 7 nitrogen and oxygen atoms in total. The molecule has 0 aliphatic carbocycles. The SMILES string of the molecule is Cc1cccc(OCCC(=O)Nc2cc(C(C)(C)C)nn2-c2ncccn2)c1C. The van der Waals surface area contributed by atoms with Crippen LogP contribution >= 0.6 is 0 Å². The highest BCUT2D eigenvalue weighted by atomic mass is 16.5. The Morgan fingerprint density at radius 3 is 2.55 bits per heavy atom. The molecular formula is C22H27N5O2. The first kappa shape index (κ1) is 20.5. The van der Waals surface area contributed by atoms with Crippen molar-refractivity contribution >= 4 is 11.7 Å². The minimum Gasteiger partial charge on any atom is -0.493 e. The maximum Gasteiger partial charge on any atom is 0.252 e. The van der Waals surface area contributed by atoms with Crippen molar-refractivity contribution in [1.82, 2.24) is 19.7 Å². The normalized spacial score (nSPS) is 11.3. The van der Waals surface area contributed by atoms with Gasteiger partial charge in [-0.25, -0.2) is 9.97 Å². The van der Waals surface area contributed by atoms with Crippen LogP contribution in [0.2, 0.25) is 0 Å². The van der Waals surface area contributed by atoms with Gasteiger partial charge in [0.1, 0.15) is 11.6 Å². The van der Waals surface area contributed by atoms with Gasteiger partial charge < -0.3 is 10.1 Å². The van der Waals surface area contributed by atoms with E-state index < -0.39 is 0 Å². The van der Waals surface area contributed by atoms with E-state index in [1.165, 1.54) is 0 Å². The number of anilines is 1. The van der Waals surface area contributed by atoms with Crippen molar-refractivity contribution in [2.24, 2.45) is 0 Å². The van der Waals surface area contributed by atoms with E-state index in [0.29, 0.717) is 11.8 Å². The number of aromatic nitrogens is 4. The molecule has 0 aliphatic rings. The predicted octanol–water partition coefficient (Wildman–Crippen LogP) is 3.98. The van der Waals surface area contributed by atoms with E-state index in [-0.39, 0.29) is 24.3 Å². The minimum atomic E-state index is -0.175. The standard InChI is InChI=1S/C22H27N5O2/c1-15-8-6-9-17(16(15)2)29-13-10-20(28)25-19-14-18(22(3,4)5)26-27(19)21-23-11-7-12-24-21/h6-9,11-12,14H,10,13H2,1-5H3,(H,25,28). The molecule has 1 N–H and O–H groups in total. The third kappa shape index (κ3) is 4.99. The lowest BCUT2D eigenvalue weighted by molar-refractivity contribution is -0.116. The highest BCUT2D eigenvalue weighted by molar-refractivity contribution is 5.90. The molecule has 7 heteroatoms. The Labute approximate surface area is 171 Å². The number of rotatable bonds is 6. The topological polar surface area (TPSA) is 81.9 Å². The fourth-order valence-corrected chi connectivity index (χ4v) is 2.73. The molecule has 2 aromatic heterocycles. The van der Waals surface area contributed by atoms with Gasteiger partial charge in [0, 0.05) is 23.9 Å². The Bertz CT molecular complexity index is 990.